The van der Waals surface area contributed by atoms with Gasteiger partial charge in [0.15, 0.2) is 11.5 Å². The van der Waals surface area contributed by atoms with Gasteiger partial charge in [-0.15, -0.1) is 0 Å². The molecule has 7 aromatic rings. The Kier molecular flexibility index (Phi) is 6.64. The highest BCUT2D eigenvalue weighted by atomic mass is 35.5. The SMILES string of the molecule is O=C1[C@@H]2[C@H](C(=O)N1c1ccccc1Oc1cc(Cl)cc(Cl)c1)[C@@]1(c3ccccc3)C(=O)[C@]2(c2ccccc2)c2c1c1ccccc1c1ccccc21. The van der Waals surface area contributed by atoms with Gasteiger partial charge in [-0.1, -0.05) is 145 Å². The molecule has 1 aliphatic heterocycles. The molecule has 0 radical (unpaired) electrons. The average Bonchev–Trinajstić information content (AvgIpc) is 3.68. The van der Waals surface area contributed by atoms with Crippen molar-refractivity contribution in [1.29, 1.82) is 0 Å². The van der Waals surface area contributed by atoms with Crippen molar-refractivity contribution in [2.24, 2.45) is 11.8 Å². The standard InChI is InChI=1S/C45H27Cl2NO4/c46-28-23-29(47)25-30(24-28)52-36-22-12-11-21-35(36)48-41(49)39-40(42(48)50)45(27-15-5-2-6-16-27)38-34-20-10-8-18-32(34)31-17-7-9-19-33(31)37(38)44(39,43(45)51)26-13-3-1-4-14-26/h1-25,39-40H/t39-,40+,44+,45-. The van der Waals surface area contributed by atoms with Crippen molar-refractivity contribution < 1.29 is 19.1 Å². The summed E-state index contributed by atoms with van der Waals surface area (Å²) < 4.78 is 6.31. The zero-order chi connectivity index (χ0) is 35.4. The van der Waals surface area contributed by atoms with Gasteiger partial charge in [-0.2, -0.15) is 0 Å². The van der Waals surface area contributed by atoms with Gasteiger partial charge in [0.25, 0.3) is 0 Å². The van der Waals surface area contributed by atoms with Gasteiger partial charge in [0.2, 0.25) is 11.8 Å². The summed E-state index contributed by atoms with van der Waals surface area (Å²) in [6.45, 7) is 0. The maximum absolute atomic E-state index is 16.1. The Morgan fingerprint density at radius 2 is 0.923 bits per heavy atom. The van der Waals surface area contributed by atoms with E-state index in [0.717, 1.165) is 32.7 Å². The molecule has 1 saturated carbocycles. The van der Waals surface area contributed by atoms with Crippen LogP contribution in [0, 0.1) is 11.8 Å². The van der Waals surface area contributed by atoms with Crippen molar-refractivity contribution in [3.8, 4) is 11.5 Å². The van der Waals surface area contributed by atoms with Crippen LogP contribution in [0.5, 0.6) is 11.5 Å². The number of para-hydroxylation sites is 2. The van der Waals surface area contributed by atoms with E-state index >= 15 is 14.4 Å². The third-order valence-electron chi connectivity index (χ3n) is 11.3. The van der Waals surface area contributed by atoms with Crippen molar-refractivity contribution in [3.05, 3.63) is 184 Å². The molecule has 5 nitrogen and oxygen atoms in total. The lowest BCUT2D eigenvalue weighted by Crippen LogP contribution is -2.45. The molecular formula is C45H27Cl2NO4. The number of anilines is 1. The first kappa shape index (κ1) is 31.0. The van der Waals surface area contributed by atoms with E-state index in [2.05, 4.69) is 12.1 Å². The molecule has 2 amide bonds. The number of hydrogen-bond donors (Lipinski definition) is 0. The fourth-order valence-corrected chi connectivity index (χ4v) is 10.1. The van der Waals surface area contributed by atoms with Gasteiger partial charge in [-0.05, 0) is 74.1 Å². The number of carbonyl (C=O) groups is 3. The second-order valence-corrected chi connectivity index (χ2v) is 14.5. The molecule has 2 bridgehead atoms. The molecule has 0 unspecified atom stereocenters. The summed E-state index contributed by atoms with van der Waals surface area (Å²) in [6, 6.07) is 47.1. The second kappa shape index (κ2) is 11.1. The van der Waals surface area contributed by atoms with Crippen molar-refractivity contribution in [2.45, 2.75) is 10.8 Å². The molecule has 3 aliphatic rings. The van der Waals surface area contributed by atoms with E-state index in [0.29, 0.717) is 26.9 Å². The minimum absolute atomic E-state index is 0.150. The zero-order valence-electron chi connectivity index (χ0n) is 27.4. The highest BCUT2D eigenvalue weighted by molar-refractivity contribution is 6.35. The fraction of sp³-hybridized carbons (Fsp3) is 0.0889. The number of amides is 2. The Morgan fingerprint density at radius 1 is 0.500 bits per heavy atom. The van der Waals surface area contributed by atoms with Crippen LogP contribution in [0.25, 0.3) is 21.5 Å². The molecule has 4 atom stereocenters. The largest absolute Gasteiger partial charge is 0.455 e. The minimum Gasteiger partial charge on any atom is -0.455 e. The summed E-state index contributed by atoms with van der Waals surface area (Å²) in [7, 11) is 0. The first-order valence-electron chi connectivity index (χ1n) is 17.1. The van der Waals surface area contributed by atoms with Gasteiger partial charge < -0.3 is 4.74 Å². The van der Waals surface area contributed by atoms with Gasteiger partial charge in [0.1, 0.15) is 5.75 Å². The Balaban J connectivity index is 1.31. The lowest BCUT2D eigenvalue weighted by atomic mass is 9.59. The van der Waals surface area contributed by atoms with Gasteiger partial charge in [0, 0.05) is 10.0 Å². The summed E-state index contributed by atoms with van der Waals surface area (Å²) in [6.07, 6.45) is 0. The van der Waals surface area contributed by atoms with E-state index < -0.39 is 34.5 Å². The molecule has 7 heteroatoms. The van der Waals surface area contributed by atoms with Crippen LogP contribution in [0.3, 0.4) is 0 Å². The van der Waals surface area contributed by atoms with Crippen LogP contribution < -0.4 is 9.64 Å². The first-order valence-corrected chi connectivity index (χ1v) is 17.8. The Hall–Kier alpha value is -5.75. The van der Waals surface area contributed by atoms with Gasteiger partial charge in [-0.25, -0.2) is 4.90 Å². The number of ketones is 1. The molecule has 52 heavy (non-hydrogen) atoms. The number of nitrogens with zero attached hydrogens (tertiary/aromatic N) is 1. The van der Waals surface area contributed by atoms with Crippen LogP contribution in [0.2, 0.25) is 10.0 Å². The number of carbonyl (C=O) groups excluding carboxylic acids is 3. The molecule has 0 N–H and O–H groups in total. The Bertz CT molecular complexity index is 2520. The van der Waals surface area contributed by atoms with E-state index in [4.69, 9.17) is 27.9 Å². The van der Waals surface area contributed by atoms with Crippen LogP contribution in [-0.2, 0) is 25.2 Å². The number of benzene rings is 7. The summed E-state index contributed by atoms with van der Waals surface area (Å²) in [5.41, 5.74) is 0.298. The number of halogens is 2. The summed E-state index contributed by atoms with van der Waals surface area (Å²) in [4.78, 5) is 48.3. The van der Waals surface area contributed by atoms with Gasteiger partial charge >= 0.3 is 0 Å². The average molecular weight is 717 g/mol. The Morgan fingerprint density at radius 3 is 1.42 bits per heavy atom. The molecule has 2 aliphatic carbocycles. The third-order valence-corrected chi connectivity index (χ3v) is 11.7. The lowest BCUT2D eigenvalue weighted by Gasteiger charge is -2.38. The smallest absolute Gasteiger partial charge is 0.239 e. The number of Topliss-reactive ketones (excluding diaryl/α,β-unsaturated/α-hetero) is 1. The lowest BCUT2D eigenvalue weighted by molar-refractivity contribution is -0.130. The van der Waals surface area contributed by atoms with Gasteiger partial charge in [-0.3, -0.25) is 14.4 Å². The topological polar surface area (TPSA) is 63.7 Å². The number of fused-ring (bicyclic) bond motifs is 13. The fourth-order valence-electron chi connectivity index (χ4n) is 9.63. The number of ether oxygens (including phenoxy) is 1. The van der Waals surface area contributed by atoms with Crippen molar-refractivity contribution in [2.75, 3.05) is 4.90 Å². The molecule has 2 fully saturated rings. The molecule has 1 saturated heterocycles. The van der Waals surface area contributed by atoms with E-state index in [9.17, 15) is 0 Å². The molecule has 7 aromatic carbocycles. The van der Waals surface area contributed by atoms with E-state index in [1.807, 2.05) is 97.1 Å². The molecule has 250 valence electrons. The molecular weight excluding hydrogens is 689 g/mol. The van der Waals surface area contributed by atoms with E-state index in [-0.39, 0.29) is 17.2 Å². The van der Waals surface area contributed by atoms with Crippen LogP contribution in [-0.4, -0.2) is 17.6 Å². The molecule has 10 rings (SSSR count). The maximum atomic E-state index is 16.1. The first-order chi connectivity index (χ1) is 25.4. The van der Waals surface area contributed by atoms with Crippen molar-refractivity contribution in [1.82, 2.24) is 0 Å². The number of hydrogen-bond acceptors (Lipinski definition) is 4. The quantitative estimate of drug-likeness (QED) is 0.131. The van der Waals surface area contributed by atoms with Crippen molar-refractivity contribution in [3.63, 3.8) is 0 Å². The molecule has 0 spiro atoms. The van der Waals surface area contributed by atoms with E-state index in [1.54, 1.807) is 42.5 Å². The maximum Gasteiger partial charge on any atom is 0.239 e. The van der Waals surface area contributed by atoms with Crippen LogP contribution >= 0.6 is 23.2 Å². The molecule has 0 aromatic heterocycles. The highest BCUT2D eigenvalue weighted by Gasteiger charge is 2.82. The van der Waals surface area contributed by atoms with Gasteiger partial charge in [0.05, 0.1) is 28.4 Å². The number of rotatable bonds is 5. The summed E-state index contributed by atoms with van der Waals surface area (Å²) in [5, 5.41) is 4.52. The van der Waals surface area contributed by atoms with Crippen LogP contribution in [0.4, 0.5) is 5.69 Å². The highest BCUT2D eigenvalue weighted by Crippen LogP contribution is 2.72. The minimum atomic E-state index is -1.47. The van der Waals surface area contributed by atoms with Crippen molar-refractivity contribution >= 4 is 68.0 Å². The normalized spacial score (nSPS) is 23.0. The summed E-state index contributed by atoms with van der Waals surface area (Å²) >= 11 is 12.6. The Labute approximate surface area is 309 Å². The van der Waals surface area contributed by atoms with Crippen LogP contribution in [0.1, 0.15) is 22.3 Å². The second-order valence-electron chi connectivity index (χ2n) is 13.7. The summed E-state index contributed by atoms with van der Waals surface area (Å²) in [5.74, 6) is -2.50. The zero-order valence-corrected chi connectivity index (χ0v) is 28.9. The van der Waals surface area contributed by atoms with Crippen LogP contribution in [0.15, 0.2) is 152 Å². The molecule has 1 heterocycles. The predicted octanol–water partition coefficient (Wildman–Crippen LogP) is 10.1. The predicted molar refractivity (Wildman–Crippen MR) is 203 cm³/mol. The third kappa shape index (κ3) is 3.82. The monoisotopic (exact) mass is 715 g/mol. The number of imide groups is 1. The van der Waals surface area contributed by atoms with E-state index in [1.165, 1.54) is 4.90 Å².